The van der Waals surface area contributed by atoms with Gasteiger partial charge in [-0.3, -0.25) is 9.59 Å². The maximum absolute atomic E-state index is 12.4. The van der Waals surface area contributed by atoms with E-state index in [1.807, 2.05) is 29.2 Å². The van der Waals surface area contributed by atoms with E-state index in [2.05, 4.69) is 16.9 Å². The van der Waals surface area contributed by atoms with E-state index < -0.39 is 5.56 Å². The molecule has 1 amide bonds. The number of H-pyrrole nitrogens is 1. The van der Waals surface area contributed by atoms with Crippen LogP contribution < -0.4 is 5.56 Å². The minimum atomic E-state index is -0.483. The number of amides is 1. The molecule has 7 heteroatoms. The van der Waals surface area contributed by atoms with Gasteiger partial charge in [-0.25, -0.2) is 4.98 Å². The van der Waals surface area contributed by atoms with Gasteiger partial charge in [0.25, 0.3) is 5.56 Å². The third-order valence-electron chi connectivity index (χ3n) is 4.53. The standard InChI is InChI=1S/C19H20N4O2S/c1-13-7-9-23(10-8-13)16(24)12-26-19-21-17(14-5-3-2-4-6-14)15(11-20)18(25)22-19/h2-6,13H,7-10,12H2,1H3,(H,21,22,25). The van der Waals surface area contributed by atoms with Crippen LogP contribution in [-0.2, 0) is 4.79 Å². The van der Waals surface area contributed by atoms with Crippen LogP contribution in [0.4, 0.5) is 0 Å². The van der Waals surface area contributed by atoms with Gasteiger partial charge in [0.15, 0.2) is 5.16 Å². The number of nitrogens with zero attached hydrogens (tertiary/aromatic N) is 3. The summed E-state index contributed by atoms with van der Waals surface area (Å²) in [5.74, 6) is 0.934. The van der Waals surface area contributed by atoms with Crippen molar-refractivity contribution < 1.29 is 4.79 Å². The van der Waals surface area contributed by atoms with Crippen LogP contribution in [0.2, 0.25) is 0 Å². The number of aromatic nitrogens is 2. The van der Waals surface area contributed by atoms with E-state index in [9.17, 15) is 14.9 Å². The van der Waals surface area contributed by atoms with E-state index in [1.165, 1.54) is 11.8 Å². The Hall–Kier alpha value is -2.59. The Kier molecular flexibility index (Phi) is 5.74. The molecule has 2 aromatic rings. The molecule has 26 heavy (non-hydrogen) atoms. The molecule has 0 aliphatic carbocycles. The first-order valence-corrected chi connectivity index (χ1v) is 9.57. The summed E-state index contributed by atoms with van der Waals surface area (Å²) in [6, 6.07) is 11.0. The molecule has 0 unspecified atom stereocenters. The molecule has 0 radical (unpaired) electrons. The Morgan fingerprint density at radius 1 is 1.35 bits per heavy atom. The zero-order chi connectivity index (χ0) is 18.5. The normalized spacial score (nSPS) is 14.8. The van der Waals surface area contributed by atoms with E-state index in [1.54, 1.807) is 12.1 Å². The summed E-state index contributed by atoms with van der Waals surface area (Å²) in [4.78, 5) is 33.5. The number of nitrogens with one attached hydrogen (secondary N) is 1. The highest BCUT2D eigenvalue weighted by molar-refractivity contribution is 7.99. The minimum absolute atomic E-state index is 0.0168. The highest BCUT2D eigenvalue weighted by Crippen LogP contribution is 2.22. The third-order valence-corrected chi connectivity index (χ3v) is 5.38. The Labute approximate surface area is 156 Å². The number of carbonyl (C=O) groups is 1. The molecule has 0 atom stereocenters. The van der Waals surface area contributed by atoms with Crippen molar-refractivity contribution in [3.63, 3.8) is 0 Å². The Bertz CT molecular complexity index is 881. The number of rotatable bonds is 4. The highest BCUT2D eigenvalue weighted by atomic mass is 32.2. The van der Waals surface area contributed by atoms with Gasteiger partial charge in [-0.1, -0.05) is 49.0 Å². The molecule has 0 bridgehead atoms. The summed E-state index contributed by atoms with van der Waals surface area (Å²) < 4.78 is 0. The second-order valence-corrected chi connectivity index (χ2v) is 7.39. The number of benzene rings is 1. The predicted molar refractivity (Wildman–Crippen MR) is 101 cm³/mol. The number of likely N-dealkylation sites (tertiary alicyclic amines) is 1. The molecular formula is C19H20N4O2S. The zero-order valence-electron chi connectivity index (χ0n) is 14.6. The van der Waals surface area contributed by atoms with E-state index in [0.29, 0.717) is 22.3 Å². The predicted octanol–water partition coefficient (Wildman–Crippen LogP) is 2.66. The van der Waals surface area contributed by atoms with Gasteiger partial charge >= 0.3 is 0 Å². The fourth-order valence-corrected chi connectivity index (χ4v) is 3.67. The van der Waals surface area contributed by atoms with Crippen LogP contribution in [0, 0.1) is 17.2 Å². The fourth-order valence-electron chi connectivity index (χ4n) is 2.91. The zero-order valence-corrected chi connectivity index (χ0v) is 15.4. The Balaban J connectivity index is 1.77. The molecule has 0 saturated carbocycles. The van der Waals surface area contributed by atoms with Gasteiger partial charge < -0.3 is 9.88 Å². The largest absolute Gasteiger partial charge is 0.342 e. The molecule has 1 saturated heterocycles. The molecule has 1 aliphatic rings. The molecule has 1 aromatic heterocycles. The number of aromatic amines is 1. The van der Waals surface area contributed by atoms with Crippen molar-refractivity contribution in [2.45, 2.75) is 24.9 Å². The van der Waals surface area contributed by atoms with Gasteiger partial charge in [-0.2, -0.15) is 5.26 Å². The number of hydrogen-bond acceptors (Lipinski definition) is 5. The molecule has 1 fully saturated rings. The fraction of sp³-hybridized carbons (Fsp3) is 0.368. The second kappa shape index (κ2) is 8.19. The van der Waals surface area contributed by atoms with Gasteiger partial charge in [0.1, 0.15) is 11.6 Å². The highest BCUT2D eigenvalue weighted by Gasteiger charge is 2.21. The molecule has 3 rings (SSSR count). The first kappa shape index (κ1) is 18.2. The topological polar surface area (TPSA) is 89.8 Å². The SMILES string of the molecule is CC1CCN(C(=O)CSc2nc(-c3ccccc3)c(C#N)c(=O)[nH]2)CC1. The molecule has 134 valence electrons. The average Bonchev–Trinajstić information content (AvgIpc) is 2.67. The van der Waals surface area contributed by atoms with Crippen LogP contribution in [0.1, 0.15) is 25.3 Å². The van der Waals surface area contributed by atoms with Gasteiger partial charge in [-0.05, 0) is 18.8 Å². The monoisotopic (exact) mass is 368 g/mol. The molecule has 1 aliphatic heterocycles. The summed E-state index contributed by atoms with van der Waals surface area (Å²) in [7, 11) is 0. The third kappa shape index (κ3) is 4.14. The van der Waals surface area contributed by atoms with Gasteiger partial charge in [0, 0.05) is 18.7 Å². The lowest BCUT2D eigenvalue weighted by atomic mass is 9.99. The van der Waals surface area contributed by atoms with Crippen molar-refractivity contribution in [1.29, 1.82) is 5.26 Å². The Morgan fingerprint density at radius 2 is 2.04 bits per heavy atom. The molecule has 6 nitrogen and oxygen atoms in total. The van der Waals surface area contributed by atoms with Gasteiger partial charge in [0.2, 0.25) is 5.91 Å². The van der Waals surface area contributed by atoms with Crippen molar-refractivity contribution in [1.82, 2.24) is 14.9 Å². The van der Waals surface area contributed by atoms with Crippen LogP contribution in [0.15, 0.2) is 40.3 Å². The first-order valence-electron chi connectivity index (χ1n) is 8.59. The molecule has 1 N–H and O–H groups in total. The average molecular weight is 368 g/mol. The molecular weight excluding hydrogens is 348 g/mol. The van der Waals surface area contributed by atoms with Crippen LogP contribution in [0.5, 0.6) is 0 Å². The van der Waals surface area contributed by atoms with Gasteiger partial charge in [-0.15, -0.1) is 0 Å². The van der Waals surface area contributed by atoms with Crippen molar-refractivity contribution >= 4 is 17.7 Å². The summed E-state index contributed by atoms with van der Waals surface area (Å²) in [5.41, 5.74) is 0.548. The number of carbonyl (C=O) groups excluding carboxylic acids is 1. The summed E-state index contributed by atoms with van der Waals surface area (Å²) >= 11 is 1.20. The molecule has 2 heterocycles. The van der Waals surface area contributed by atoms with Crippen molar-refractivity contribution in [2.75, 3.05) is 18.8 Å². The van der Waals surface area contributed by atoms with E-state index in [0.717, 1.165) is 25.9 Å². The first-order chi connectivity index (χ1) is 12.6. The van der Waals surface area contributed by atoms with Crippen LogP contribution >= 0.6 is 11.8 Å². The van der Waals surface area contributed by atoms with E-state index in [-0.39, 0.29) is 17.2 Å². The Morgan fingerprint density at radius 3 is 2.69 bits per heavy atom. The number of nitriles is 1. The van der Waals surface area contributed by atoms with Crippen molar-refractivity contribution in [2.24, 2.45) is 5.92 Å². The summed E-state index contributed by atoms with van der Waals surface area (Å²) in [6.45, 7) is 3.77. The van der Waals surface area contributed by atoms with Crippen LogP contribution in [-0.4, -0.2) is 39.6 Å². The number of thioether (sulfide) groups is 1. The van der Waals surface area contributed by atoms with E-state index in [4.69, 9.17) is 0 Å². The number of hydrogen-bond donors (Lipinski definition) is 1. The lowest BCUT2D eigenvalue weighted by Gasteiger charge is -2.30. The van der Waals surface area contributed by atoms with Crippen LogP contribution in [0.25, 0.3) is 11.3 Å². The van der Waals surface area contributed by atoms with Crippen molar-refractivity contribution in [3.05, 3.63) is 46.2 Å². The maximum atomic E-state index is 12.4. The lowest BCUT2D eigenvalue weighted by molar-refractivity contribution is -0.129. The maximum Gasteiger partial charge on any atom is 0.270 e. The van der Waals surface area contributed by atoms with Crippen molar-refractivity contribution in [3.8, 4) is 17.3 Å². The molecule has 0 spiro atoms. The number of piperidine rings is 1. The molecule has 1 aromatic carbocycles. The quantitative estimate of drug-likeness (QED) is 0.662. The van der Waals surface area contributed by atoms with Gasteiger partial charge in [0.05, 0.1) is 11.4 Å². The second-order valence-electron chi connectivity index (χ2n) is 6.42. The summed E-state index contributed by atoms with van der Waals surface area (Å²) in [5, 5.41) is 9.64. The smallest absolute Gasteiger partial charge is 0.270 e. The minimum Gasteiger partial charge on any atom is -0.342 e. The van der Waals surface area contributed by atoms with E-state index >= 15 is 0 Å². The summed E-state index contributed by atoms with van der Waals surface area (Å²) in [6.07, 6.45) is 2.06. The van der Waals surface area contributed by atoms with Crippen LogP contribution in [0.3, 0.4) is 0 Å². The lowest BCUT2D eigenvalue weighted by Crippen LogP contribution is -2.39.